The number of nitrogens with zero attached hydrogens (tertiary/aromatic N) is 2. The Morgan fingerprint density at radius 3 is 2.46 bits per heavy atom. The molecule has 0 aliphatic heterocycles. The van der Waals surface area contributed by atoms with Crippen LogP contribution in [0.3, 0.4) is 0 Å². The number of anilines is 1. The Bertz CT molecular complexity index is 1230. The van der Waals surface area contributed by atoms with Crippen LogP contribution in [0.15, 0.2) is 53.9 Å². The van der Waals surface area contributed by atoms with Crippen molar-refractivity contribution in [1.82, 2.24) is 9.80 Å². The van der Waals surface area contributed by atoms with Crippen LogP contribution in [0.4, 0.5) is 10.5 Å². The lowest BCUT2D eigenvalue weighted by Gasteiger charge is -2.28. The van der Waals surface area contributed by atoms with Crippen molar-refractivity contribution < 1.29 is 19.1 Å². The number of benzene rings is 2. The number of methoxy groups -OCH3 is 2. The van der Waals surface area contributed by atoms with Gasteiger partial charge >= 0.3 is 6.03 Å². The fraction of sp³-hybridized carbons (Fsp3) is 0.333. The minimum absolute atomic E-state index is 0.00483. The standard InChI is InChI=1S/C27H29Cl2N3O4S/c1-35-24-10-5-18(14-25(24)36-2)11-12-31(16-21-4-3-13-37-21)26(33)17-32(20-7-8-20)27(34)30-19-6-9-22(28)23(29)15-19/h3-6,9-10,13-15,20H,7-8,11-12,16-17H2,1-2H3,(H,30,34). The molecular weight excluding hydrogens is 533 g/mol. The number of hydrogen-bond acceptors (Lipinski definition) is 5. The fourth-order valence-electron chi connectivity index (χ4n) is 3.95. The van der Waals surface area contributed by atoms with E-state index in [0.29, 0.717) is 46.7 Å². The summed E-state index contributed by atoms with van der Waals surface area (Å²) >= 11 is 13.7. The number of thiophene rings is 1. The second-order valence-electron chi connectivity index (χ2n) is 8.75. The van der Waals surface area contributed by atoms with Gasteiger partial charge in [0.2, 0.25) is 5.91 Å². The van der Waals surface area contributed by atoms with E-state index in [4.69, 9.17) is 32.7 Å². The van der Waals surface area contributed by atoms with Gasteiger partial charge in [-0.05, 0) is 66.6 Å². The predicted octanol–water partition coefficient (Wildman–Crippen LogP) is 6.34. The van der Waals surface area contributed by atoms with Gasteiger partial charge in [-0.15, -0.1) is 11.3 Å². The zero-order chi connectivity index (χ0) is 26.4. The Hall–Kier alpha value is -2.94. The summed E-state index contributed by atoms with van der Waals surface area (Å²) < 4.78 is 10.7. The van der Waals surface area contributed by atoms with Gasteiger partial charge in [-0.1, -0.05) is 35.3 Å². The molecule has 37 heavy (non-hydrogen) atoms. The summed E-state index contributed by atoms with van der Waals surface area (Å²) in [6.07, 6.45) is 2.38. The molecule has 3 aromatic rings. The maximum atomic E-state index is 13.5. The van der Waals surface area contributed by atoms with E-state index in [9.17, 15) is 9.59 Å². The lowest BCUT2D eigenvalue weighted by Crippen LogP contribution is -2.45. The molecule has 196 valence electrons. The highest BCUT2D eigenvalue weighted by molar-refractivity contribution is 7.09. The molecule has 3 amide bonds. The molecule has 0 unspecified atom stereocenters. The summed E-state index contributed by atoms with van der Waals surface area (Å²) in [5.41, 5.74) is 1.56. The summed E-state index contributed by atoms with van der Waals surface area (Å²) in [7, 11) is 3.20. The van der Waals surface area contributed by atoms with Crippen LogP contribution in [0, 0.1) is 0 Å². The molecular formula is C27H29Cl2N3O4S. The molecule has 0 bridgehead atoms. The summed E-state index contributed by atoms with van der Waals surface area (Å²) in [4.78, 5) is 31.2. The zero-order valence-corrected chi connectivity index (χ0v) is 23.0. The first-order chi connectivity index (χ1) is 17.9. The van der Waals surface area contributed by atoms with E-state index in [2.05, 4.69) is 5.32 Å². The number of amides is 3. The van der Waals surface area contributed by atoms with Crippen molar-refractivity contribution >= 4 is 52.2 Å². The summed E-state index contributed by atoms with van der Waals surface area (Å²) in [6, 6.07) is 14.4. The number of halogens is 2. The molecule has 2 aromatic carbocycles. The Morgan fingerprint density at radius 1 is 1.03 bits per heavy atom. The van der Waals surface area contributed by atoms with Crippen LogP contribution in [0.2, 0.25) is 10.0 Å². The summed E-state index contributed by atoms with van der Waals surface area (Å²) in [5, 5.41) is 5.61. The highest BCUT2D eigenvalue weighted by atomic mass is 35.5. The van der Waals surface area contributed by atoms with Crippen molar-refractivity contribution in [3.63, 3.8) is 0 Å². The van der Waals surface area contributed by atoms with Crippen molar-refractivity contribution in [3.8, 4) is 11.5 Å². The van der Waals surface area contributed by atoms with Crippen molar-refractivity contribution in [2.45, 2.75) is 31.8 Å². The average Bonchev–Trinajstić information content (AvgIpc) is 3.61. The third-order valence-corrected chi connectivity index (χ3v) is 7.72. The molecule has 1 aliphatic rings. The van der Waals surface area contributed by atoms with Gasteiger partial charge in [-0.25, -0.2) is 4.79 Å². The number of ether oxygens (including phenoxy) is 2. The SMILES string of the molecule is COc1ccc(CCN(Cc2cccs2)C(=O)CN(C(=O)Nc2ccc(Cl)c(Cl)c2)C2CC2)cc1OC. The lowest BCUT2D eigenvalue weighted by atomic mass is 10.1. The third kappa shape index (κ3) is 7.31. The van der Waals surface area contributed by atoms with Gasteiger partial charge in [-0.3, -0.25) is 4.79 Å². The molecule has 1 fully saturated rings. The molecule has 1 aromatic heterocycles. The van der Waals surface area contributed by atoms with E-state index < -0.39 is 0 Å². The van der Waals surface area contributed by atoms with Gasteiger partial charge < -0.3 is 24.6 Å². The molecule has 7 nitrogen and oxygen atoms in total. The van der Waals surface area contributed by atoms with Crippen molar-refractivity contribution in [2.24, 2.45) is 0 Å². The normalized spacial score (nSPS) is 12.6. The van der Waals surface area contributed by atoms with Crippen LogP contribution in [-0.4, -0.2) is 55.1 Å². The quantitative estimate of drug-likeness (QED) is 0.296. The minimum atomic E-state index is -0.329. The molecule has 0 saturated heterocycles. The van der Waals surface area contributed by atoms with E-state index in [1.54, 1.807) is 48.7 Å². The second kappa shape index (κ2) is 12.5. The van der Waals surface area contributed by atoms with Crippen LogP contribution < -0.4 is 14.8 Å². The van der Waals surface area contributed by atoms with Crippen LogP contribution in [0.1, 0.15) is 23.3 Å². The first-order valence-corrected chi connectivity index (χ1v) is 13.5. The van der Waals surface area contributed by atoms with E-state index in [1.807, 2.05) is 40.6 Å². The number of nitrogens with one attached hydrogen (secondary N) is 1. The molecule has 0 radical (unpaired) electrons. The Balaban J connectivity index is 1.46. The number of rotatable bonds is 11. The Labute approximate surface area is 230 Å². The highest BCUT2D eigenvalue weighted by Crippen LogP contribution is 2.30. The van der Waals surface area contributed by atoms with Crippen molar-refractivity contribution in [2.75, 3.05) is 32.6 Å². The molecule has 10 heteroatoms. The molecule has 1 aliphatic carbocycles. The minimum Gasteiger partial charge on any atom is -0.493 e. The molecule has 0 atom stereocenters. The first-order valence-electron chi connectivity index (χ1n) is 11.9. The molecule has 1 saturated carbocycles. The monoisotopic (exact) mass is 561 g/mol. The van der Waals surface area contributed by atoms with Crippen LogP contribution in [0.25, 0.3) is 0 Å². The summed E-state index contributed by atoms with van der Waals surface area (Å²) in [5.74, 6) is 1.20. The fourth-order valence-corrected chi connectivity index (χ4v) is 4.97. The Kier molecular flexibility index (Phi) is 9.18. The topological polar surface area (TPSA) is 71.1 Å². The maximum Gasteiger partial charge on any atom is 0.322 e. The predicted molar refractivity (Wildman–Crippen MR) is 148 cm³/mol. The van der Waals surface area contributed by atoms with Crippen molar-refractivity contribution in [1.29, 1.82) is 0 Å². The average molecular weight is 563 g/mol. The van der Waals surface area contributed by atoms with Crippen molar-refractivity contribution in [3.05, 3.63) is 74.4 Å². The zero-order valence-electron chi connectivity index (χ0n) is 20.7. The number of carbonyl (C=O) groups is 2. The highest BCUT2D eigenvalue weighted by Gasteiger charge is 2.35. The van der Waals surface area contributed by atoms with Gasteiger partial charge in [0.1, 0.15) is 6.54 Å². The maximum absolute atomic E-state index is 13.5. The Morgan fingerprint density at radius 2 is 1.81 bits per heavy atom. The first kappa shape index (κ1) is 27.1. The van der Waals surface area contributed by atoms with E-state index in [-0.39, 0.29) is 24.5 Å². The largest absolute Gasteiger partial charge is 0.493 e. The van der Waals surface area contributed by atoms with Gasteiger partial charge in [0.25, 0.3) is 0 Å². The number of urea groups is 1. The van der Waals surface area contributed by atoms with Gasteiger partial charge in [-0.2, -0.15) is 0 Å². The smallest absolute Gasteiger partial charge is 0.322 e. The second-order valence-corrected chi connectivity index (χ2v) is 10.6. The molecule has 1 heterocycles. The van der Waals surface area contributed by atoms with Gasteiger partial charge in [0.05, 0.1) is 30.8 Å². The van der Waals surface area contributed by atoms with Gasteiger partial charge in [0, 0.05) is 23.2 Å². The third-order valence-electron chi connectivity index (χ3n) is 6.12. The van der Waals surface area contributed by atoms with E-state index in [0.717, 1.165) is 23.3 Å². The lowest BCUT2D eigenvalue weighted by molar-refractivity contribution is -0.132. The number of carbonyl (C=O) groups excluding carboxylic acids is 2. The van der Waals surface area contributed by atoms with Crippen LogP contribution >= 0.6 is 34.5 Å². The summed E-state index contributed by atoms with van der Waals surface area (Å²) in [6.45, 7) is 0.977. The molecule has 0 spiro atoms. The van der Waals surface area contributed by atoms with Crippen LogP contribution in [0.5, 0.6) is 11.5 Å². The number of hydrogen-bond donors (Lipinski definition) is 1. The molecule has 4 rings (SSSR count). The van der Waals surface area contributed by atoms with E-state index in [1.165, 1.54) is 0 Å². The van der Waals surface area contributed by atoms with Gasteiger partial charge in [0.15, 0.2) is 11.5 Å². The molecule has 1 N–H and O–H groups in total. The van der Waals surface area contributed by atoms with Crippen LogP contribution in [-0.2, 0) is 17.8 Å². The van der Waals surface area contributed by atoms with E-state index >= 15 is 0 Å².